The van der Waals surface area contributed by atoms with Crippen molar-refractivity contribution in [1.29, 1.82) is 0 Å². The maximum Gasteiger partial charge on any atom is 0.412 e. The van der Waals surface area contributed by atoms with Crippen LogP contribution in [0.15, 0.2) is 28.8 Å². The van der Waals surface area contributed by atoms with Gasteiger partial charge in [0.1, 0.15) is 17.1 Å². The Morgan fingerprint density at radius 3 is 2.57 bits per heavy atom. The van der Waals surface area contributed by atoms with Crippen molar-refractivity contribution in [2.75, 3.05) is 5.32 Å². The van der Waals surface area contributed by atoms with E-state index in [1.165, 1.54) is 12.1 Å². The van der Waals surface area contributed by atoms with Gasteiger partial charge in [0.15, 0.2) is 0 Å². The van der Waals surface area contributed by atoms with Crippen LogP contribution in [0.5, 0.6) is 0 Å². The summed E-state index contributed by atoms with van der Waals surface area (Å²) in [6.45, 7) is 5.14. The number of aromatic nitrogens is 1. The Morgan fingerprint density at radius 1 is 1.30 bits per heavy atom. The van der Waals surface area contributed by atoms with Crippen LogP contribution in [0.2, 0.25) is 0 Å². The SMILES string of the molecule is CC(C)(C)OC(=O)Nc1ccc(F)c(-c2cc(C(=O)O)on2)c1. The van der Waals surface area contributed by atoms with Crippen molar-refractivity contribution in [2.24, 2.45) is 0 Å². The highest BCUT2D eigenvalue weighted by molar-refractivity contribution is 5.87. The molecule has 7 nitrogen and oxygen atoms in total. The van der Waals surface area contributed by atoms with E-state index in [2.05, 4.69) is 15.0 Å². The molecule has 0 aliphatic rings. The largest absolute Gasteiger partial charge is 0.475 e. The van der Waals surface area contributed by atoms with Crippen LogP contribution < -0.4 is 5.32 Å². The zero-order valence-corrected chi connectivity index (χ0v) is 12.7. The monoisotopic (exact) mass is 322 g/mol. The van der Waals surface area contributed by atoms with E-state index < -0.39 is 29.2 Å². The molecule has 1 aromatic carbocycles. The number of nitrogens with zero attached hydrogens (tertiary/aromatic N) is 1. The average Bonchev–Trinajstić information content (AvgIpc) is 2.88. The Bertz CT molecular complexity index is 749. The molecule has 2 rings (SSSR count). The molecule has 1 aromatic heterocycles. The predicted octanol–water partition coefficient (Wildman–Crippen LogP) is 3.53. The van der Waals surface area contributed by atoms with E-state index in [0.717, 1.165) is 12.1 Å². The normalized spacial score (nSPS) is 11.1. The summed E-state index contributed by atoms with van der Waals surface area (Å²) < 4.78 is 23.6. The number of nitrogens with one attached hydrogen (secondary N) is 1. The molecule has 1 heterocycles. The minimum absolute atomic E-state index is 0.00481. The van der Waals surface area contributed by atoms with Gasteiger partial charge in [-0.1, -0.05) is 5.16 Å². The van der Waals surface area contributed by atoms with Crippen molar-refractivity contribution < 1.29 is 28.3 Å². The Kier molecular flexibility index (Phi) is 4.35. The van der Waals surface area contributed by atoms with Crippen LogP contribution in [0.3, 0.4) is 0 Å². The van der Waals surface area contributed by atoms with Gasteiger partial charge < -0.3 is 14.4 Å². The summed E-state index contributed by atoms with van der Waals surface area (Å²) in [4.78, 5) is 22.5. The highest BCUT2D eigenvalue weighted by Gasteiger charge is 2.18. The number of halogens is 1. The number of amides is 1. The lowest BCUT2D eigenvalue weighted by atomic mass is 10.1. The Balaban J connectivity index is 2.25. The molecule has 0 spiro atoms. The number of ether oxygens (including phenoxy) is 1. The van der Waals surface area contributed by atoms with Crippen LogP contribution in [0.1, 0.15) is 31.3 Å². The predicted molar refractivity (Wildman–Crippen MR) is 78.7 cm³/mol. The minimum atomic E-state index is -1.31. The third-order valence-electron chi connectivity index (χ3n) is 2.61. The Morgan fingerprint density at radius 2 is 2.00 bits per heavy atom. The van der Waals surface area contributed by atoms with Gasteiger partial charge in [0.25, 0.3) is 0 Å². The highest BCUT2D eigenvalue weighted by Crippen LogP contribution is 2.26. The van der Waals surface area contributed by atoms with E-state index in [1.807, 2.05) is 0 Å². The first kappa shape index (κ1) is 16.5. The number of rotatable bonds is 3. The second-order valence-electron chi connectivity index (χ2n) is 5.70. The van der Waals surface area contributed by atoms with Crippen molar-refractivity contribution in [3.8, 4) is 11.3 Å². The zero-order chi connectivity index (χ0) is 17.2. The number of benzene rings is 1. The van der Waals surface area contributed by atoms with Crippen LogP contribution in [0.4, 0.5) is 14.9 Å². The average molecular weight is 322 g/mol. The molecule has 23 heavy (non-hydrogen) atoms. The number of carbonyl (C=O) groups is 2. The molecule has 0 aliphatic heterocycles. The van der Waals surface area contributed by atoms with Crippen LogP contribution >= 0.6 is 0 Å². The second-order valence-corrected chi connectivity index (χ2v) is 5.70. The fourth-order valence-corrected chi connectivity index (χ4v) is 1.72. The zero-order valence-electron chi connectivity index (χ0n) is 12.7. The molecule has 2 aromatic rings. The maximum absolute atomic E-state index is 13.9. The summed E-state index contributed by atoms with van der Waals surface area (Å²) in [5, 5.41) is 14.8. The van der Waals surface area contributed by atoms with Crippen LogP contribution in [-0.2, 0) is 4.74 Å². The molecule has 0 unspecified atom stereocenters. The van der Waals surface area contributed by atoms with Crippen molar-refractivity contribution in [2.45, 2.75) is 26.4 Å². The highest BCUT2D eigenvalue weighted by atomic mass is 19.1. The molecular formula is C15H15FN2O5. The molecule has 122 valence electrons. The quantitative estimate of drug-likeness (QED) is 0.896. The van der Waals surface area contributed by atoms with Crippen LogP contribution in [-0.4, -0.2) is 27.9 Å². The van der Waals surface area contributed by atoms with Crippen molar-refractivity contribution in [1.82, 2.24) is 5.16 Å². The van der Waals surface area contributed by atoms with Crippen molar-refractivity contribution in [3.05, 3.63) is 35.8 Å². The molecule has 0 saturated carbocycles. The van der Waals surface area contributed by atoms with E-state index in [4.69, 9.17) is 9.84 Å². The van der Waals surface area contributed by atoms with Gasteiger partial charge in [-0.15, -0.1) is 0 Å². The molecule has 8 heteroatoms. The van der Waals surface area contributed by atoms with E-state index in [1.54, 1.807) is 20.8 Å². The maximum atomic E-state index is 13.9. The van der Waals surface area contributed by atoms with E-state index in [0.29, 0.717) is 0 Å². The van der Waals surface area contributed by atoms with E-state index in [9.17, 15) is 14.0 Å². The lowest BCUT2D eigenvalue weighted by molar-refractivity contribution is 0.0630. The number of anilines is 1. The summed E-state index contributed by atoms with van der Waals surface area (Å²) in [7, 11) is 0. The Labute approximate surface area is 131 Å². The van der Waals surface area contributed by atoms with E-state index in [-0.39, 0.29) is 16.9 Å². The number of aromatic carboxylic acids is 1. The van der Waals surface area contributed by atoms with Crippen molar-refractivity contribution >= 4 is 17.7 Å². The molecule has 0 atom stereocenters. The summed E-state index contributed by atoms with van der Waals surface area (Å²) >= 11 is 0. The molecule has 0 aliphatic carbocycles. The first-order chi connectivity index (χ1) is 10.7. The lowest BCUT2D eigenvalue weighted by Crippen LogP contribution is -2.27. The number of hydrogen-bond acceptors (Lipinski definition) is 5. The van der Waals surface area contributed by atoms with Gasteiger partial charge in [-0.05, 0) is 39.0 Å². The molecule has 0 radical (unpaired) electrons. The second kappa shape index (κ2) is 6.07. The summed E-state index contributed by atoms with van der Waals surface area (Å²) in [6, 6.07) is 4.87. The van der Waals surface area contributed by atoms with Crippen molar-refractivity contribution in [3.63, 3.8) is 0 Å². The third kappa shape index (κ3) is 4.29. The van der Waals surface area contributed by atoms with Gasteiger partial charge in [0, 0.05) is 17.3 Å². The van der Waals surface area contributed by atoms with E-state index >= 15 is 0 Å². The smallest absolute Gasteiger partial charge is 0.412 e. The molecule has 0 saturated heterocycles. The molecule has 0 fully saturated rings. The number of hydrogen-bond donors (Lipinski definition) is 2. The Hall–Kier alpha value is -2.90. The summed E-state index contributed by atoms with van der Waals surface area (Å²) in [5.41, 5.74) is -0.395. The van der Waals surface area contributed by atoms with Gasteiger partial charge in [-0.25, -0.2) is 14.0 Å². The first-order valence-corrected chi connectivity index (χ1v) is 6.65. The standard InChI is InChI=1S/C15H15FN2O5/c1-15(2,3)22-14(21)17-8-4-5-10(16)9(6-8)11-7-12(13(19)20)23-18-11/h4-7H,1-3H3,(H,17,21)(H,19,20). The van der Waals surface area contributed by atoms with Gasteiger partial charge >= 0.3 is 12.1 Å². The van der Waals surface area contributed by atoms with Gasteiger partial charge in [0.2, 0.25) is 5.76 Å². The molecule has 1 amide bonds. The molecule has 2 N–H and O–H groups in total. The lowest BCUT2D eigenvalue weighted by Gasteiger charge is -2.19. The number of carbonyl (C=O) groups excluding carboxylic acids is 1. The van der Waals surface area contributed by atoms with Gasteiger partial charge in [-0.3, -0.25) is 5.32 Å². The molecule has 0 bridgehead atoms. The first-order valence-electron chi connectivity index (χ1n) is 6.65. The minimum Gasteiger partial charge on any atom is -0.475 e. The fraction of sp³-hybridized carbons (Fsp3) is 0.267. The number of carboxylic acid groups (broad SMARTS) is 1. The topological polar surface area (TPSA) is 102 Å². The van der Waals surface area contributed by atoms with Gasteiger partial charge in [0.05, 0.1) is 0 Å². The van der Waals surface area contributed by atoms with Crippen LogP contribution in [0.25, 0.3) is 11.3 Å². The fourth-order valence-electron chi connectivity index (χ4n) is 1.72. The van der Waals surface area contributed by atoms with Crippen LogP contribution in [0, 0.1) is 5.82 Å². The van der Waals surface area contributed by atoms with Gasteiger partial charge in [-0.2, -0.15) is 0 Å². The molecular weight excluding hydrogens is 307 g/mol. The number of carboxylic acids is 1. The third-order valence-corrected chi connectivity index (χ3v) is 2.61. The summed E-state index contributed by atoms with van der Waals surface area (Å²) in [5.74, 6) is -2.36. The summed E-state index contributed by atoms with van der Waals surface area (Å²) in [6.07, 6.45) is -0.693.